The van der Waals surface area contributed by atoms with E-state index in [4.69, 9.17) is 16.6 Å². The summed E-state index contributed by atoms with van der Waals surface area (Å²) in [6, 6.07) is 6.89. The second-order valence-corrected chi connectivity index (χ2v) is 7.02. The molecule has 1 saturated heterocycles. The maximum absolute atomic E-state index is 12.7. The number of anilines is 1. The van der Waals surface area contributed by atoms with Crippen molar-refractivity contribution in [2.45, 2.75) is 6.92 Å². The van der Waals surface area contributed by atoms with Gasteiger partial charge in [0.2, 0.25) is 0 Å². The van der Waals surface area contributed by atoms with Crippen LogP contribution in [-0.2, 0) is 4.79 Å². The van der Waals surface area contributed by atoms with Crippen molar-refractivity contribution in [3.8, 4) is 0 Å². The number of carbonyl (C=O) groups is 3. The van der Waals surface area contributed by atoms with Crippen LogP contribution in [0.3, 0.4) is 0 Å². The SMILES string of the molecule is Cc1ccc(C=C2SC(=S)N(c3cc(C(=O)O)cc(C(=O)O)c3)C2=O)o1. The van der Waals surface area contributed by atoms with Crippen molar-refractivity contribution < 1.29 is 29.0 Å². The molecule has 26 heavy (non-hydrogen) atoms. The highest BCUT2D eigenvalue weighted by atomic mass is 32.2. The largest absolute Gasteiger partial charge is 0.478 e. The molecule has 0 saturated carbocycles. The van der Waals surface area contributed by atoms with Crippen LogP contribution in [0.15, 0.2) is 39.7 Å². The number of aryl methyl sites for hydroxylation is 1. The second kappa shape index (κ2) is 6.77. The fourth-order valence-corrected chi connectivity index (χ4v) is 3.62. The Morgan fingerprint density at radius 2 is 1.77 bits per heavy atom. The predicted octanol–water partition coefficient (Wildman–Crippen LogP) is 3.39. The van der Waals surface area contributed by atoms with Crippen LogP contribution in [0.4, 0.5) is 5.69 Å². The lowest BCUT2D eigenvalue weighted by Gasteiger charge is -2.16. The first-order chi connectivity index (χ1) is 12.3. The molecule has 3 rings (SSSR count). The van der Waals surface area contributed by atoms with Crippen molar-refractivity contribution in [3.63, 3.8) is 0 Å². The Morgan fingerprint density at radius 3 is 2.27 bits per heavy atom. The first kappa shape index (κ1) is 17.9. The van der Waals surface area contributed by atoms with Crippen molar-refractivity contribution in [2.75, 3.05) is 4.90 Å². The molecule has 9 heteroatoms. The molecule has 7 nitrogen and oxygen atoms in total. The molecule has 2 heterocycles. The average molecular weight is 389 g/mol. The standard InChI is InChI=1S/C17H11NO6S2/c1-8-2-3-12(24-8)7-13-14(19)18(17(25)26-13)11-5-9(15(20)21)4-10(6-11)16(22)23/h2-7H,1H3,(H,20,21)(H,22,23). The summed E-state index contributed by atoms with van der Waals surface area (Å²) in [6.07, 6.45) is 1.53. The van der Waals surface area contributed by atoms with Gasteiger partial charge >= 0.3 is 11.9 Å². The minimum atomic E-state index is -1.30. The van der Waals surface area contributed by atoms with E-state index in [1.54, 1.807) is 19.1 Å². The minimum Gasteiger partial charge on any atom is -0.478 e. The summed E-state index contributed by atoms with van der Waals surface area (Å²) in [5, 5.41) is 18.4. The summed E-state index contributed by atoms with van der Waals surface area (Å²) in [4.78, 5) is 36.6. The summed E-state index contributed by atoms with van der Waals surface area (Å²) in [5.41, 5.74) is -0.414. The molecule has 1 aliphatic rings. The number of thiocarbonyl (C=S) groups is 1. The fraction of sp³-hybridized carbons (Fsp3) is 0.0588. The van der Waals surface area contributed by atoms with Gasteiger partial charge in [0.05, 0.1) is 21.7 Å². The van der Waals surface area contributed by atoms with Crippen LogP contribution >= 0.6 is 24.0 Å². The zero-order valence-electron chi connectivity index (χ0n) is 13.3. The van der Waals surface area contributed by atoms with E-state index in [9.17, 15) is 24.6 Å². The van der Waals surface area contributed by atoms with E-state index in [0.29, 0.717) is 16.4 Å². The highest BCUT2D eigenvalue weighted by molar-refractivity contribution is 8.27. The molecule has 0 bridgehead atoms. The van der Waals surface area contributed by atoms with Gasteiger partial charge in [-0.05, 0) is 37.3 Å². The van der Waals surface area contributed by atoms with Crippen molar-refractivity contribution in [3.05, 3.63) is 57.9 Å². The average Bonchev–Trinajstić information content (AvgIpc) is 3.10. The first-order valence-corrected chi connectivity index (χ1v) is 8.45. The van der Waals surface area contributed by atoms with Gasteiger partial charge in [-0.1, -0.05) is 24.0 Å². The van der Waals surface area contributed by atoms with Crippen LogP contribution < -0.4 is 4.90 Å². The van der Waals surface area contributed by atoms with E-state index in [0.717, 1.165) is 22.7 Å². The van der Waals surface area contributed by atoms with Gasteiger partial charge in [-0.3, -0.25) is 9.69 Å². The van der Waals surface area contributed by atoms with Crippen LogP contribution in [0.2, 0.25) is 0 Å². The number of carbonyl (C=O) groups excluding carboxylic acids is 1. The monoisotopic (exact) mass is 389 g/mol. The fourth-order valence-electron chi connectivity index (χ4n) is 2.34. The number of amides is 1. The molecular formula is C17H11NO6S2. The van der Waals surface area contributed by atoms with E-state index < -0.39 is 17.8 Å². The molecule has 2 N–H and O–H groups in total. The molecule has 0 unspecified atom stereocenters. The lowest BCUT2D eigenvalue weighted by molar-refractivity contribution is -0.113. The van der Waals surface area contributed by atoms with Crippen LogP contribution in [0.25, 0.3) is 6.08 Å². The van der Waals surface area contributed by atoms with Crippen molar-refractivity contribution in [1.82, 2.24) is 0 Å². The molecule has 0 aliphatic carbocycles. The summed E-state index contributed by atoms with van der Waals surface area (Å²) < 4.78 is 5.58. The molecule has 1 aromatic heterocycles. The van der Waals surface area contributed by atoms with Gasteiger partial charge in [0.25, 0.3) is 5.91 Å². The Hall–Kier alpha value is -2.91. The Bertz CT molecular complexity index is 959. The molecule has 1 amide bonds. The number of rotatable bonds is 4. The van der Waals surface area contributed by atoms with Gasteiger partial charge in [0.15, 0.2) is 4.32 Å². The number of benzene rings is 1. The van der Waals surface area contributed by atoms with Gasteiger partial charge in [-0.25, -0.2) is 9.59 Å². The third-order valence-electron chi connectivity index (χ3n) is 3.50. The number of nitrogens with zero attached hydrogens (tertiary/aromatic N) is 1. The van der Waals surface area contributed by atoms with Crippen molar-refractivity contribution in [1.29, 1.82) is 0 Å². The van der Waals surface area contributed by atoms with Gasteiger partial charge < -0.3 is 14.6 Å². The molecule has 2 aromatic rings. The van der Waals surface area contributed by atoms with Gasteiger partial charge in [0, 0.05) is 6.08 Å². The number of hydrogen-bond donors (Lipinski definition) is 2. The molecule has 0 atom stereocenters. The number of carboxylic acids is 2. The number of thioether (sulfide) groups is 1. The minimum absolute atomic E-state index is 0.0869. The Kier molecular flexibility index (Phi) is 4.66. The molecule has 1 fully saturated rings. The topological polar surface area (TPSA) is 108 Å². The van der Waals surface area contributed by atoms with Crippen LogP contribution in [0.5, 0.6) is 0 Å². The Morgan fingerprint density at radius 1 is 1.15 bits per heavy atom. The van der Waals surface area contributed by atoms with E-state index in [1.807, 2.05) is 0 Å². The maximum atomic E-state index is 12.7. The van der Waals surface area contributed by atoms with Gasteiger partial charge in [-0.2, -0.15) is 0 Å². The summed E-state index contributed by atoms with van der Waals surface area (Å²) >= 11 is 6.24. The van der Waals surface area contributed by atoms with Crippen LogP contribution in [0.1, 0.15) is 32.2 Å². The summed E-state index contributed by atoms with van der Waals surface area (Å²) in [6.45, 7) is 1.77. The quantitative estimate of drug-likeness (QED) is 0.605. The van der Waals surface area contributed by atoms with Crippen LogP contribution in [0, 0.1) is 6.92 Å². The van der Waals surface area contributed by atoms with E-state index in [1.165, 1.54) is 18.2 Å². The number of carboxylic acid groups (broad SMARTS) is 2. The highest BCUT2D eigenvalue weighted by Gasteiger charge is 2.34. The number of furan rings is 1. The third-order valence-corrected chi connectivity index (χ3v) is 4.80. The first-order valence-electron chi connectivity index (χ1n) is 7.22. The number of hydrogen-bond acceptors (Lipinski definition) is 6. The van der Waals surface area contributed by atoms with Gasteiger partial charge in [-0.15, -0.1) is 0 Å². The van der Waals surface area contributed by atoms with Crippen molar-refractivity contribution in [2.24, 2.45) is 0 Å². The molecule has 1 aromatic carbocycles. The molecule has 0 spiro atoms. The molecule has 132 valence electrons. The highest BCUT2D eigenvalue weighted by Crippen LogP contribution is 2.37. The smallest absolute Gasteiger partial charge is 0.335 e. The van der Waals surface area contributed by atoms with E-state index in [2.05, 4.69) is 0 Å². The van der Waals surface area contributed by atoms with E-state index >= 15 is 0 Å². The number of aromatic carboxylic acids is 2. The second-order valence-electron chi connectivity index (χ2n) is 5.34. The lowest BCUT2D eigenvalue weighted by atomic mass is 10.1. The zero-order chi connectivity index (χ0) is 19.0. The Labute approximate surface area is 156 Å². The lowest BCUT2D eigenvalue weighted by Crippen LogP contribution is -2.28. The van der Waals surface area contributed by atoms with Gasteiger partial charge in [0.1, 0.15) is 11.5 Å². The molecule has 1 aliphatic heterocycles. The maximum Gasteiger partial charge on any atom is 0.335 e. The van der Waals surface area contributed by atoms with Crippen molar-refractivity contribution >= 4 is 57.9 Å². The summed E-state index contributed by atoms with van der Waals surface area (Å²) in [5.74, 6) is -1.92. The molecule has 0 radical (unpaired) electrons. The third kappa shape index (κ3) is 3.39. The summed E-state index contributed by atoms with van der Waals surface area (Å²) in [7, 11) is 0. The molecular weight excluding hydrogens is 378 g/mol. The Balaban J connectivity index is 2.03. The predicted molar refractivity (Wildman–Crippen MR) is 99.5 cm³/mol. The van der Waals surface area contributed by atoms with E-state index in [-0.39, 0.29) is 21.1 Å². The van der Waals surface area contributed by atoms with Crippen LogP contribution in [-0.4, -0.2) is 32.4 Å². The normalized spacial score (nSPS) is 15.7. The zero-order valence-corrected chi connectivity index (χ0v) is 14.9.